The van der Waals surface area contributed by atoms with Gasteiger partial charge in [-0.2, -0.15) is 0 Å². The molecule has 0 aliphatic heterocycles. The topological polar surface area (TPSA) is 48.0 Å². The van der Waals surface area contributed by atoms with E-state index in [0.29, 0.717) is 17.8 Å². The molecule has 0 unspecified atom stereocenters. The molecule has 5 heteroatoms. The molecule has 86 valence electrons. The van der Waals surface area contributed by atoms with Crippen molar-refractivity contribution in [1.29, 1.82) is 0 Å². The Labute approximate surface area is 101 Å². The lowest BCUT2D eigenvalue weighted by atomic mass is 9.97. The lowest BCUT2D eigenvalue weighted by molar-refractivity contribution is 0.339. The summed E-state index contributed by atoms with van der Waals surface area (Å²) in [6.07, 6.45) is 1.66. The van der Waals surface area contributed by atoms with E-state index in [9.17, 15) is 4.79 Å². The van der Waals surface area contributed by atoms with E-state index in [-0.39, 0.29) is 11.2 Å². The zero-order valence-electron chi connectivity index (χ0n) is 9.24. The average molecular weight is 285 g/mol. The number of hydrogen-bond donors (Lipinski definition) is 0. The molecule has 2 aromatic heterocycles. The molecule has 0 fully saturated rings. The minimum Gasteiger partial charge on any atom is -0.406 e. The normalized spacial score (nSPS) is 12.2. The third-order valence-corrected chi connectivity index (χ3v) is 3.89. The van der Waals surface area contributed by atoms with E-state index in [2.05, 4.69) is 34.8 Å². The second-order valence-corrected chi connectivity index (χ2v) is 5.14. The summed E-state index contributed by atoms with van der Waals surface area (Å²) in [4.78, 5) is 15.8. The molecule has 0 saturated carbocycles. The molecule has 0 aromatic carbocycles. The summed E-state index contributed by atoms with van der Waals surface area (Å²) in [7, 11) is 0. The van der Waals surface area contributed by atoms with Gasteiger partial charge in [-0.25, -0.2) is 9.78 Å². The molecule has 0 saturated heterocycles. The van der Waals surface area contributed by atoms with Crippen LogP contribution in [0.5, 0.6) is 0 Å². The highest BCUT2D eigenvalue weighted by Crippen LogP contribution is 2.22. The van der Waals surface area contributed by atoms with Crippen molar-refractivity contribution in [2.24, 2.45) is 5.41 Å². The van der Waals surface area contributed by atoms with Crippen LogP contribution in [0.2, 0.25) is 0 Å². The van der Waals surface area contributed by atoms with E-state index in [4.69, 9.17) is 4.42 Å². The van der Waals surface area contributed by atoms with Gasteiger partial charge >= 0.3 is 5.76 Å². The van der Waals surface area contributed by atoms with Crippen LogP contribution in [0.25, 0.3) is 11.2 Å². The fourth-order valence-corrected chi connectivity index (χ4v) is 1.69. The Hall–Kier alpha value is -1.10. The zero-order valence-corrected chi connectivity index (χ0v) is 10.8. The molecule has 0 bridgehead atoms. The molecule has 2 aromatic rings. The van der Waals surface area contributed by atoms with Crippen molar-refractivity contribution in [3.05, 3.63) is 28.9 Å². The van der Waals surface area contributed by atoms with Crippen LogP contribution in [0.4, 0.5) is 0 Å². The van der Waals surface area contributed by atoms with Crippen LogP contribution in [0.15, 0.2) is 27.5 Å². The Morgan fingerprint density at radius 2 is 2.31 bits per heavy atom. The fourth-order valence-electron chi connectivity index (χ4n) is 1.51. The van der Waals surface area contributed by atoms with Crippen LogP contribution in [-0.2, 0) is 6.54 Å². The van der Waals surface area contributed by atoms with Gasteiger partial charge < -0.3 is 4.42 Å². The Balaban J connectivity index is 2.52. The molecule has 0 atom stereocenters. The number of nitrogens with zero attached hydrogens (tertiary/aromatic N) is 2. The first kappa shape index (κ1) is 11.4. The number of alkyl halides is 1. The molecule has 0 amide bonds. The summed E-state index contributed by atoms with van der Waals surface area (Å²) in [6.45, 7) is 4.74. The van der Waals surface area contributed by atoms with Crippen LogP contribution in [0.3, 0.4) is 0 Å². The summed E-state index contributed by atoms with van der Waals surface area (Å²) in [5.74, 6) is -0.345. The highest BCUT2D eigenvalue weighted by atomic mass is 79.9. The summed E-state index contributed by atoms with van der Waals surface area (Å²) in [6, 6.07) is 3.51. The van der Waals surface area contributed by atoms with Gasteiger partial charge in [0.25, 0.3) is 0 Å². The van der Waals surface area contributed by atoms with Gasteiger partial charge in [0.15, 0.2) is 11.2 Å². The van der Waals surface area contributed by atoms with Crippen molar-refractivity contribution in [1.82, 2.24) is 9.55 Å². The maximum Gasteiger partial charge on any atom is 0.421 e. The van der Waals surface area contributed by atoms with Crippen molar-refractivity contribution in [3.8, 4) is 0 Å². The fraction of sp³-hybridized carbons (Fsp3) is 0.455. The monoisotopic (exact) mass is 284 g/mol. The first-order valence-corrected chi connectivity index (χ1v) is 6.16. The second-order valence-electron chi connectivity index (χ2n) is 4.58. The van der Waals surface area contributed by atoms with Gasteiger partial charge in [-0.05, 0) is 17.5 Å². The van der Waals surface area contributed by atoms with Crippen LogP contribution in [-0.4, -0.2) is 14.9 Å². The van der Waals surface area contributed by atoms with Gasteiger partial charge in [-0.3, -0.25) is 4.57 Å². The van der Waals surface area contributed by atoms with Crippen molar-refractivity contribution in [3.63, 3.8) is 0 Å². The lowest BCUT2D eigenvalue weighted by Crippen LogP contribution is -2.27. The molecule has 0 aliphatic rings. The number of oxazole rings is 1. The molecular weight excluding hydrogens is 272 g/mol. The van der Waals surface area contributed by atoms with E-state index in [1.165, 1.54) is 0 Å². The van der Waals surface area contributed by atoms with Gasteiger partial charge in [0, 0.05) is 18.1 Å². The van der Waals surface area contributed by atoms with Gasteiger partial charge in [-0.1, -0.05) is 29.8 Å². The number of hydrogen-bond acceptors (Lipinski definition) is 3. The highest BCUT2D eigenvalue weighted by Gasteiger charge is 2.21. The van der Waals surface area contributed by atoms with Gasteiger partial charge in [0.05, 0.1) is 0 Å². The average Bonchev–Trinajstić information content (AvgIpc) is 2.56. The summed E-state index contributed by atoms with van der Waals surface area (Å²) >= 11 is 3.44. The zero-order chi connectivity index (χ0) is 11.8. The number of aromatic nitrogens is 2. The van der Waals surface area contributed by atoms with E-state index in [0.717, 1.165) is 5.33 Å². The van der Waals surface area contributed by atoms with Crippen molar-refractivity contribution in [2.75, 3.05) is 5.33 Å². The lowest BCUT2D eigenvalue weighted by Gasteiger charge is -2.20. The summed E-state index contributed by atoms with van der Waals surface area (Å²) in [5, 5.41) is 0.811. The Morgan fingerprint density at radius 1 is 1.56 bits per heavy atom. The first-order valence-electron chi connectivity index (χ1n) is 5.04. The molecule has 0 N–H and O–H groups in total. The molecule has 2 rings (SSSR count). The van der Waals surface area contributed by atoms with Crippen LogP contribution in [0.1, 0.15) is 13.8 Å². The molecule has 4 nitrogen and oxygen atoms in total. The smallest absolute Gasteiger partial charge is 0.406 e. The van der Waals surface area contributed by atoms with Crippen molar-refractivity contribution in [2.45, 2.75) is 20.4 Å². The number of halogens is 1. The van der Waals surface area contributed by atoms with E-state index in [1.807, 2.05) is 0 Å². The molecule has 0 spiro atoms. The minimum atomic E-state index is -0.345. The molecule has 16 heavy (non-hydrogen) atoms. The van der Waals surface area contributed by atoms with E-state index in [1.54, 1.807) is 22.9 Å². The third-order valence-electron chi connectivity index (χ3n) is 2.37. The summed E-state index contributed by atoms with van der Waals surface area (Å²) in [5.41, 5.74) is 1.14. The number of pyridine rings is 1. The Morgan fingerprint density at radius 3 is 3.00 bits per heavy atom. The number of rotatable bonds is 3. The van der Waals surface area contributed by atoms with Crippen LogP contribution >= 0.6 is 15.9 Å². The maximum atomic E-state index is 11.7. The Bertz CT molecular complexity index is 556. The molecular formula is C11H13BrN2O2. The predicted octanol–water partition coefficient (Wildman–Crippen LogP) is 2.41. The van der Waals surface area contributed by atoms with Crippen LogP contribution in [0, 0.1) is 5.41 Å². The van der Waals surface area contributed by atoms with Crippen molar-refractivity contribution < 1.29 is 4.42 Å². The molecule has 0 aliphatic carbocycles. The third kappa shape index (κ3) is 2.04. The number of fused-ring (bicyclic) bond motifs is 1. The van der Waals surface area contributed by atoms with Crippen molar-refractivity contribution >= 4 is 27.2 Å². The molecule has 2 heterocycles. The minimum absolute atomic E-state index is 0.0157. The second kappa shape index (κ2) is 4.05. The van der Waals surface area contributed by atoms with E-state index >= 15 is 0 Å². The summed E-state index contributed by atoms with van der Waals surface area (Å²) < 4.78 is 6.70. The Kier molecular flexibility index (Phi) is 2.88. The SMILES string of the molecule is CC(C)(CBr)Cn1c(=O)oc2cccnc21. The van der Waals surface area contributed by atoms with E-state index < -0.39 is 0 Å². The van der Waals surface area contributed by atoms with Gasteiger partial charge in [0.1, 0.15) is 0 Å². The largest absolute Gasteiger partial charge is 0.421 e. The van der Waals surface area contributed by atoms with Gasteiger partial charge in [-0.15, -0.1) is 0 Å². The highest BCUT2D eigenvalue weighted by molar-refractivity contribution is 9.09. The quantitative estimate of drug-likeness (QED) is 0.814. The van der Waals surface area contributed by atoms with Gasteiger partial charge in [0.2, 0.25) is 0 Å². The first-order chi connectivity index (χ1) is 7.53. The van der Waals surface area contributed by atoms with Crippen LogP contribution < -0.4 is 5.76 Å². The maximum absolute atomic E-state index is 11.7. The molecule has 0 radical (unpaired) electrons. The standard InChI is InChI=1S/C11H13BrN2O2/c1-11(2,6-12)7-14-9-8(16-10(14)15)4-3-5-13-9/h3-5H,6-7H2,1-2H3. The predicted molar refractivity (Wildman–Crippen MR) is 65.8 cm³/mol.